The molecule has 4 nitrogen and oxygen atoms in total. The summed E-state index contributed by atoms with van der Waals surface area (Å²) in [5.74, 6) is 0.650. The molecule has 0 bridgehead atoms. The van der Waals surface area contributed by atoms with Gasteiger partial charge in [-0.3, -0.25) is 9.89 Å². The van der Waals surface area contributed by atoms with Gasteiger partial charge in [0.15, 0.2) is 6.19 Å². The number of hydrogen-bond donors (Lipinski definition) is 0. The Morgan fingerprint density at radius 1 is 1.73 bits per heavy atom. The molecule has 1 heterocycles. The van der Waals surface area contributed by atoms with E-state index in [1.807, 2.05) is 12.3 Å². The van der Waals surface area contributed by atoms with Crippen LogP contribution in [0.15, 0.2) is 23.3 Å². The van der Waals surface area contributed by atoms with E-state index in [2.05, 4.69) is 9.98 Å². The molecule has 0 saturated heterocycles. The van der Waals surface area contributed by atoms with Gasteiger partial charge >= 0.3 is 0 Å². The van der Waals surface area contributed by atoms with Crippen LogP contribution in [0.3, 0.4) is 0 Å². The Labute approximate surface area is 93.8 Å². The molecule has 0 aliphatic carbocycles. The molecule has 0 spiro atoms. The largest absolute Gasteiger partial charge is 0.270 e. The lowest BCUT2D eigenvalue weighted by atomic mass is 10.3. The van der Waals surface area contributed by atoms with E-state index in [1.165, 1.54) is 4.90 Å². The fourth-order valence-corrected chi connectivity index (χ4v) is 1.09. The van der Waals surface area contributed by atoms with Crippen LogP contribution in [0, 0.1) is 11.5 Å². The molecule has 78 valence electrons. The van der Waals surface area contributed by atoms with Crippen LogP contribution < -0.4 is 0 Å². The summed E-state index contributed by atoms with van der Waals surface area (Å²) < 4.78 is 0. The van der Waals surface area contributed by atoms with Crippen LogP contribution in [0.25, 0.3) is 0 Å². The van der Waals surface area contributed by atoms with Crippen LogP contribution in [0.2, 0.25) is 5.15 Å². The van der Waals surface area contributed by atoms with Gasteiger partial charge in [0.25, 0.3) is 0 Å². The second-order valence-corrected chi connectivity index (χ2v) is 3.33. The Balaban J connectivity index is 2.73. The standard InChI is InChI=1S/C10H11ClN4/c1-8(15(2)7-12)14-6-9-4-3-5-13-10(9)11/h3-5H,6H2,1-2H3. The number of pyridine rings is 1. The number of nitriles is 1. The molecule has 0 aromatic carbocycles. The van der Waals surface area contributed by atoms with E-state index < -0.39 is 0 Å². The molecule has 0 aliphatic heterocycles. The van der Waals surface area contributed by atoms with Crippen molar-refractivity contribution in [2.45, 2.75) is 13.5 Å². The molecule has 1 aromatic rings. The molecule has 0 unspecified atom stereocenters. The number of aliphatic imine (C=N–C) groups is 1. The van der Waals surface area contributed by atoms with Crippen LogP contribution >= 0.6 is 11.6 Å². The van der Waals surface area contributed by atoms with Crippen LogP contribution in [-0.4, -0.2) is 22.8 Å². The minimum absolute atomic E-state index is 0.435. The molecule has 0 amide bonds. The third kappa shape index (κ3) is 3.22. The third-order valence-corrected chi connectivity index (χ3v) is 2.29. The molecule has 1 rings (SSSR count). The third-order valence-electron chi connectivity index (χ3n) is 1.95. The minimum Gasteiger partial charge on any atom is -0.270 e. The van der Waals surface area contributed by atoms with Crippen molar-refractivity contribution in [1.82, 2.24) is 9.88 Å². The number of halogens is 1. The zero-order valence-corrected chi connectivity index (χ0v) is 9.36. The molecular formula is C10H11ClN4. The van der Waals surface area contributed by atoms with Gasteiger partial charge in [-0.15, -0.1) is 0 Å². The van der Waals surface area contributed by atoms with Gasteiger partial charge in [-0.05, 0) is 13.0 Å². The molecule has 0 atom stereocenters. The van der Waals surface area contributed by atoms with E-state index in [9.17, 15) is 0 Å². The van der Waals surface area contributed by atoms with Gasteiger partial charge in [-0.1, -0.05) is 17.7 Å². The van der Waals surface area contributed by atoms with Gasteiger partial charge in [0.1, 0.15) is 11.0 Å². The summed E-state index contributed by atoms with van der Waals surface area (Å²) in [4.78, 5) is 9.55. The predicted octanol–water partition coefficient (Wildman–Crippen LogP) is 2.07. The number of aromatic nitrogens is 1. The Morgan fingerprint density at radius 2 is 2.47 bits per heavy atom. The molecule has 15 heavy (non-hydrogen) atoms. The highest BCUT2D eigenvalue weighted by Gasteiger charge is 2.01. The first-order chi connectivity index (χ1) is 7.15. The van der Waals surface area contributed by atoms with Crippen molar-refractivity contribution < 1.29 is 0 Å². The van der Waals surface area contributed by atoms with Crippen LogP contribution in [0.4, 0.5) is 0 Å². The average molecular weight is 223 g/mol. The molecule has 5 heteroatoms. The van der Waals surface area contributed by atoms with Gasteiger partial charge in [0, 0.05) is 18.8 Å². The van der Waals surface area contributed by atoms with Crippen molar-refractivity contribution in [3.8, 4) is 6.19 Å². The van der Waals surface area contributed by atoms with E-state index >= 15 is 0 Å². The Morgan fingerprint density at radius 3 is 3.07 bits per heavy atom. The lowest BCUT2D eigenvalue weighted by Gasteiger charge is -2.07. The molecule has 0 aliphatic rings. The number of nitrogens with zero attached hydrogens (tertiary/aromatic N) is 4. The summed E-state index contributed by atoms with van der Waals surface area (Å²) in [5.41, 5.74) is 0.852. The highest BCUT2D eigenvalue weighted by Crippen LogP contribution is 2.12. The van der Waals surface area contributed by atoms with Gasteiger partial charge in [-0.2, -0.15) is 5.26 Å². The molecular weight excluding hydrogens is 212 g/mol. The molecule has 0 fully saturated rings. The van der Waals surface area contributed by atoms with E-state index in [-0.39, 0.29) is 0 Å². The first-order valence-corrected chi connectivity index (χ1v) is 4.77. The van der Waals surface area contributed by atoms with Crippen LogP contribution in [-0.2, 0) is 6.54 Å². The summed E-state index contributed by atoms with van der Waals surface area (Å²) in [5, 5.41) is 9.07. The maximum Gasteiger partial charge on any atom is 0.184 e. The van der Waals surface area contributed by atoms with Crippen molar-refractivity contribution in [1.29, 1.82) is 5.26 Å². The smallest absolute Gasteiger partial charge is 0.184 e. The second-order valence-electron chi connectivity index (χ2n) is 2.98. The second kappa shape index (κ2) is 5.32. The summed E-state index contributed by atoms with van der Waals surface area (Å²) in [7, 11) is 1.66. The van der Waals surface area contributed by atoms with E-state index in [0.717, 1.165) is 5.56 Å². The Hall–Kier alpha value is -1.60. The van der Waals surface area contributed by atoms with Crippen molar-refractivity contribution in [2.24, 2.45) is 4.99 Å². The monoisotopic (exact) mass is 222 g/mol. The Bertz CT molecular complexity index is 408. The summed E-state index contributed by atoms with van der Waals surface area (Å²) in [6.45, 7) is 2.21. The molecule has 0 radical (unpaired) electrons. The normalized spacial score (nSPS) is 10.9. The topological polar surface area (TPSA) is 52.3 Å². The zero-order valence-electron chi connectivity index (χ0n) is 8.61. The van der Waals surface area contributed by atoms with Gasteiger partial charge in [0.05, 0.1) is 6.54 Å². The molecule has 1 aromatic heterocycles. The number of hydrogen-bond acceptors (Lipinski definition) is 3. The van der Waals surface area contributed by atoms with E-state index in [0.29, 0.717) is 17.5 Å². The quantitative estimate of drug-likeness (QED) is 0.253. The first-order valence-electron chi connectivity index (χ1n) is 4.39. The van der Waals surface area contributed by atoms with E-state index in [1.54, 1.807) is 26.2 Å². The summed E-state index contributed by atoms with van der Waals surface area (Å²) in [6.07, 6.45) is 3.60. The van der Waals surface area contributed by atoms with Crippen LogP contribution in [0.1, 0.15) is 12.5 Å². The maximum absolute atomic E-state index is 8.61. The summed E-state index contributed by atoms with van der Waals surface area (Å²) in [6, 6.07) is 3.67. The fraction of sp³-hybridized carbons (Fsp3) is 0.300. The van der Waals surface area contributed by atoms with Gasteiger partial charge in [-0.25, -0.2) is 4.98 Å². The van der Waals surface area contributed by atoms with Crippen LogP contribution in [0.5, 0.6) is 0 Å². The highest BCUT2D eigenvalue weighted by atomic mass is 35.5. The minimum atomic E-state index is 0.435. The van der Waals surface area contributed by atoms with Crippen molar-refractivity contribution in [3.63, 3.8) is 0 Å². The van der Waals surface area contributed by atoms with E-state index in [4.69, 9.17) is 16.9 Å². The van der Waals surface area contributed by atoms with Crippen molar-refractivity contribution >= 4 is 17.4 Å². The number of amidine groups is 1. The highest BCUT2D eigenvalue weighted by molar-refractivity contribution is 6.30. The lowest BCUT2D eigenvalue weighted by Crippen LogP contribution is -2.17. The van der Waals surface area contributed by atoms with Gasteiger partial charge in [0.2, 0.25) is 0 Å². The maximum atomic E-state index is 8.61. The predicted molar refractivity (Wildman–Crippen MR) is 59.4 cm³/mol. The summed E-state index contributed by atoms with van der Waals surface area (Å²) >= 11 is 5.86. The van der Waals surface area contributed by atoms with Crippen molar-refractivity contribution in [2.75, 3.05) is 7.05 Å². The van der Waals surface area contributed by atoms with Gasteiger partial charge < -0.3 is 0 Å². The number of rotatable bonds is 2. The lowest BCUT2D eigenvalue weighted by molar-refractivity contribution is 0.697. The van der Waals surface area contributed by atoms with Crippen molar-refractivity contribution in [3.05, 3.63) is 29.0 Å². The zero-order chi connectivity index (χ0) is 11.3. The molecule has 0 saturated carbocycles. The molecule has 0 N–H and O–H groups in total. The Kier molecular flexibility index (Phi) is 4.07. The fourth-order valence-electron chi connectivity index (χ4n) is 0.915. The first kappa shape index (κ1) is 11.5. The SMILES string of the molecule is CC(=NCc1cccnc1Cl)N(C)C#N. The average Bonchev–Trinajstić information content (AvgIpc) is 2.26.